The standard InChI is InChI=1S/C21H29N3O3/c25-19(15-22-20(26)18-14-21(18)6-12-27-13-7-21)24-10-8-23(9-11-24)16-17-4-2-1-3-5-17/h1-5,18H,6-16H2,(H,22,26). The minimum absolute atomic E-state index is 0.0318. The topological polar surface area (TPSA) is 61.9 Å². The smallest absolute Gasteiger partial charge is 0.242 e. The monoisotopic (exact) mass is 371 g/mol. The van der Waals surface area contributed by atoms with Gasteiger partial charge in [0, 0.05) is 51.9 Å². The molecular formula is C21H29N3O3. The van der Waals surface area contributed by atoms with E-state index in [0.29, 0.717) is 0 Å². The zero-order valence-electron chi connectivity index (χ0n) is 15.9. The highest BCUT2D eigenvalue weighted by Crippen LogP contribution is 2.59. The molecular weight excluding hydrogens is 342 g/mol. The van der Waals surface area contributed by atoms with Crippen LogP contribution in [0.15, 0.2) is 30.3 Å². The van der Waals surface area contributed by atoms with Crippen LogP contribution >= 0.6 is 0 Å². The molecule has 1 aromatic rings. The van der Waals surface area contributed by atoms with Crippen molar-refractivity contribution in [2.24, 2.45) is 11.3 Å². The summed E-state index contributed by atoms with van der Waals surface area (Å²) < 4.78 is 5.40. The fourth-order valence-corrected chi connectivity index (χ4v) is 4.44. The maximum absolute atomic E-state index is 12.5. The molecule has 2 saturated heterocycles. The molecule has 27 heavy (non-hydrogen) atoms. The van der Waals surface area contributed by atoms with Crippen LogP contribution in [0, 0.1) is 11.3 Å². The third-order valence-electron chi connectivity index (χ3n) is 6.38. The summed E-state index contributed by atoms with van der Waals surface area (Å²) in [5, 5.41) is 2.88. The molecule has 1 N–H and O–H groups in total. The highest BCUT2D eigenvalue weighted by atomic mass is 16.5. The van der Waals surface area contributed by atoms with Gasteiger partial charge in [-0.25, -0.2) is 0 Å². The van der Waals surface area contributed by atoms with Gasteiger partial charge in [-0.05, 0) is 30.2 Å². The Morgan fingerprint density at radius 1 is 1.07 bits per heavy atom. The predicted molar refractivity (Wildman–Crippen MR) is 102 cm³/mol. The van der Waals surface area contributed by atoms with Gasteiger partial charge in [0.15, 0.2) is 0 Å². The molecule has 0 aromatic heterocycles. The van der Waals surface area contributed by atoms with E-state index in [9.17, 15) is 9.59 Å². The van der Waals surface area contributed by atoms with E-state index in [1.54, 1.807) is 0 Å². The molecule has 1 atom stereocenters. The van der Waals surface area contributed by atoms with Crippen LogP contribution in [0.2, 0.25) is 0 Å². The Balaban J connectivity index is 1.17. The molecule has 1 spiro atoms. The van der Waals surface area contributed by atoms with Gasteiger partial charge in [-0.1, -0.05) is 30.3 Å². The number of rotatable bonds is 5. The van der Waals surface area contributed by atoms with Crippen LogP contribution in [-0.2, 0) is 20.9 Å². The molecule has 1 aromatic carbocycles. The van der Waals surface area contributed by atoms with Gasteiger partial charge in [0.05, 0.1) is 6.54 Å². The fourth-order valence-electron chi connectivity index (χ4n) is 4.44. The summed E-state index contributed by atoms with van der Waals surface area (Å²) >= 11 is 0. The highest BCUT2D eigenvalue weighted by molar-refractivity contribution is 5.87. The van der Waals surface area contributed by atoms with E-state index in [2.05, 4.69) is 34.5 Å². The third kappa shape index (κ3) is 4.33. The summed E-state index contributed by atoms with van der Waals surface area (Å²) in [4.78, 5) is 29.1. The summed E-state index contributed by atoms with van der Waals surface area (Å²) in [7, 11) is 0. The molecule has 146 valence electrons. The van der Waals surface area contributed by atoms with E-state index < -0.39 is 0 Å². The molecule has 1 saturated carbocycles. The molecule has 2 aliphatic heterocycles. The van der Waals surface area contributed by atoms with Gasteiger partial charge >= 0.3 is 0 Å². The highest BCUT2D eigenvalue weighted by Gasteiger charge is 2.57. The number of carbonyl (C=O) groups excluding carboxylic acids is 2. The number of ether oxygens (including phenoxy) is 1. The Hall–Kier alpha value is -1.92. The van der Waals surface area contributed by atoms with Crippen LogP contribution in [0.3, 0.4) is 0 Å². The maximum atomic E-state index is 12.5. The van der Waals surface area contributed by atoms with Crippen molar-refractivity contribution < 1.29 is 14.3 Å². The van der Waals surface area contributed by atoms with Crippen molar-refractivity contribution >= 4 is 11.8 Å². The van der Waals surface area contributed by atoms with Crippen LogP contribution in [0.4, 0.5) is 0 Å². The van der Waals surface area contributed by atoms with Gasteiger partial charge in [-0.2, -0.15) is 0 Å². The van der Waals surface area contributed by atoms with Gasteiger partial charge in [-0.3, -0.25) is 14.5 Å². The van der Waals surface area contributed by atoms with Gasteiger partial charge in [0.25, 0.3) is 0 Å². The van der Waals surface area contributed by atoms with Crippen LogP contribution < -0.4 is 5.32 Å². The van der Waals surface area contributed by atoms with E-state index in [-0.39, 0.29) is 29.7 Å². The maximum Gasteiger partial charge on any atom is 0.242 e. The van der Waals surface area contributed by atoms with Crippen LogP contribution in [0.25, 0.3) is 0 Å². The van der Waals surface area contributed by atoms with E-state index in [4.69, 9.17) is 4.74 Å². The van der Waals surface area contributed by atoms with Crippen LogP contribution in [0.5, 0.6) is 0 Å². The van der Waals surface area contributed by atoms with Crippen molar-refractivity contribution in [1.29, 1.82) is 0 Å². The van der Waals surface area contributed by atoms with Crippen LogP contribution in [0.1, 0.15) is 24.8 Å². The molecule has 2 amide bonds. The average molecular weight is 371 g/mol. The second kappa shape index (κ2) is 7.98. The molecule has 2 heterocycles. The Bertz CT molecular complexity index is 665. The number of piperazine rings is 1. The van der Waals surface area contributed by atoms with E-state index in [1.807, 2.05) is 11.0 Å². The summed E-state index contributed by atoms with van der Waals surface area (Å²) in [6.07, 6.45) is 2.90. The first-order valence-electron chi connectivity index (χ1n) is 10.1. The molecule has 0 bridgehead atoms. The average Bonchev–Trinajstić information content (AvgIpc) is 3.40. The number of benzene rings is 1. The van der Waals surface area contributed by atoms with Crippen molar-refractivity contribution in [3.63, 3.8) is 0 Å². The summed E-state index contributed by atoms with van der Waals surface area (Å²) in [6, 6.07) is 10.4. The number of nitrogens with one attached hydrogen (secondary N) is 1. The first kappa shape index (κ1) is 18.4. The largest absolute Gasteiger partial charge is 0.381 e. The lowest BCUT2D eigenvalue weighted by Crippen LogP contribution is -2.51. The Labute approximate surface area is 160 Å². The molecule has 6 heteroatoms. The molecule has 1 unspecified atom stereocenters. The van der Waals surface area contributed by atoms with Crippen molar-refractivity contribution in [2.75, 3.05) is 45.9 Å². The van der Waals surface area contributed by atoms with E-state index >= 15 is 0 Å². The molecule has 3 aliphatic rings. The minimum Gasteiger partial charge on any atom is -0.381 e. The zero-order valence-corrected chi connectivity index (χ0v) is 15.9. The van der Waals surface area contributed by atoms with E-state index in [0.717, 1.165) is 65.2 Å². The summed E-state index contributed by atoms with van der Waals surface area (Å²) in [5.74, 6) is 0.161. The van der Waals surface area contributed by atoms with Gasteiger partial charge in [0.2, 0.25) is 11.8 Å². The second-order valence-electron chi connectivity index (χ2n) is 8.09. The lowest BCUT2D eigenvalue weighted by atomic mass is 9.93. The van der Waals surface area contributed by atoms with Crippen molar-refractivity contribution in [1.82, 2.24) is 15.1 Å². The van der Waals surface area contributed by atoms with Gasteiger partial charge < -0.3 is 15.0 Å². The number of carbonyl (C=O) groups is 2. The van der Waals surface area contributed by atoms with Gasteiger partial charge in [-0.15, -0.1) is 0 Å². The zero-order chi connectivity index (χ0) is 18.7. The van der Waals surface area contributed by atoms with Crippen molar-refractivity contribution in [2.45, 2.75) is 25.8 Å². The SMILES string of the molecule is O=C(NCC(=O)N1CCN(Cc2ccccc2)CC1)C1CC12CCOCC2. The van der Waals surface area contributed by atoms with E-state index in [1.165, 1.54) is 5.56 Å². The number of hydrogen-bond acceptors (Lipinski definition) is 4. The van der Waals surface area contributed by atoms with Crippen molar-refractivity contribution in [3.05, 3.63) is 35.9 Å². The first-order chi connectivity index (χ1) is 13.2. The second-order valence-corrected chi connectivity index (χ2v) is 8.09. The Kier molecular flexibility index (Phi) is 5.45. The number of hydrogen-bond donors (Lipinski definition) is 1. The fraction of sp³-hybridized carbons (Fsp3) is 0.619. The van der Waals surface area contributed by atoms with Crippen LogP contribution in [-0.4, -0.2) is 67.6 Å². The lowest BCUT2D eigenvalue weighted by molar-refractivity contribution is -0.134. The molecule has 1 aliphatic carbocycles. The Morgan fingerprint density at radius 3 is 2.48 bits per heavy atom. The number of amides is 2. The number of nitrogens with zero attached hydrogens (tertiary/aromatic N) is 2. The Morgan fingerprint density at radius 2 is 1.78 bits per heavy atom. The molecule has 4 rings (SSSR count). The predicted octanol–water partition coefficient (Wildman–Crippen LogP) is 1.26. The molecule has 6 nitrogen and oxygen atoms in total. The quantitative estimate of drug-likeness (QED) is 0.847. The first-order valence-corrected chi connectivity index (χ1v) is 10.1. The molecule has 0 radical (unpaired) electrons. The lowest BCUT2D eigenvalue weighted by Gasteiger charge is -2.34. The third-order valence-corrected chi connectivity index (χ3v) is 6.38. The summed E-state index contributed by atoms with van der Waals surface area (Å²) in [6.45, 7) is 5.78. The summed E-state index contributed by atoms with van der Waals surface area (Å²) in [5.41, 5.74) is 1.46. The minimum atomic E-state index is 0.0318. The molecule has 3 fully saturated rings. The van der Waals surface area contributed by atoms with Gasteiger partial charge in [0.1, 0.15) is 0 Å². The van der Waals surface area contributed by atoms with Crippen molar-refractivity contribution in [3.8, 4) is 0 Å². The normalized spacial score (nSPS) is 24.6.